The molecular formula is C22H46BrOP. The van der Waals surface area contributed by atoms with Gasteiger partial charge in [0.05, 0.1) is 25.7 Å². The molecule has 0 saturated heterocycles. The van der Waals surface area contributed by atoms with E-state index in [4.69, 9.17) is 0 Å². The van der Waals surface area contributed by atoms with Crippen molar-refractivity contribution in [3.05, 3.63) is 0 Å². The normalized spacial score (nSPS) is 11.4. The molecule has 1 nitrogen and oxygen atoms in total. The lowest BCUT2D eigenvalue weighted by molar-refractivity contribution is -0.111. The molecule has 0 amide bonds. The number of carbonyl (C=O) groups is 1. The zero-order valence-corrected chi connectivity index (χ0v) is 20.2. The van der Waals surface area contributed by atoms with Crippen LogP contribution in [-0.2, 0) is 4.79 Å². The lowest BCUT2D eigenvalue weighted by atomic mass is 10.1. The predicted octanol–water partition coefficient (Wildman–Crippen LogP) is 5.08. The number of hydrogen-bond acceptors (Lipinski definition) is 1. The van der Waals surface area contributed by atoms with Crippen LogP contribution in [0.3, 0.4) is 0 Å². The van der Waals surface area contributed by atoms with Crippen molar-refractivity contribution < 1.29 is 21.8 Å². The van der Waals surface area contributed by atoms with Crippen molar-refractivity contribution in [2.24, 2.45) is 0 Å². The third-order valence-electron chi connectivity index (χ3n) is 5.34. The van der Waals surface area contributed by atoms with Gasteiger partial charge in [0.15, 0.2) is 0 Å². The largest absolute Gasteiger partial charge is 1.00 e. The quantitative estimate of drug-likeness (QED) is 0.216. The Hall–Kier alpha value is 0.580. The fraction of sp³-hybridized carbons (Fsp3) is 0.955. The molecule has 0 aromatic heterocycles. The number of hydrogen-bond donors (Lipinski definition) is 0. The summed E-state index contributed by atoms with van der Waals surface area (Å²) >= 11 is 0. The summed E-state index contributed by atoms with van der Waals surface area (Å²) in [5.41, 5.74) is 0.714. The van der Waals surface area contributed by atoms with Crippen molar-refractivity contribution in [1.82, 2.24) is 0 Å². The maximum atomic E-state index is 13.2. The summed E-state index contributed by atoms with van der Waals surface area (Å²) in [4.78, 5) is 13.2. The molecule has 0 bridgehead atoms. The number of carbonyl (C=O) groups excluding carboxylic acids is 1. The standard InChI is InChI=1S/C22H46OP.BrH/c1-5-9-13-14-15-16-17-18-22(23)24(19-10-6-2,20-11-7-3)21-12-8-4;/h5-21H2,1-4H3;1H/q+1;/p-1. The molecule has 0 spiro atoms. The minimum Gasteiger partial charge on any atom is -1.00 e. The SMILES string of the molecule is CCCCCCCCCC(=O)[P+](CCCC)(CCCC)CCCC.[Br-]. The molecule has 0 N–H and O–H groups in total. The highest BCUT2D eigenvalue weighted by Gasteiger charge is 2.43. The minimum absolute atomic E-state index is 0. The summed E-state index contributed by atoms with van der Waals surface area (Å²) in [6.07, 6.45) is 21.3. The van der Waals surface area contributed by atoms with Crippen LogP contribution in [0.2, 0.25) is 0 Å². The first-order valence-corrected chi connectivity index (χ1v) is 13.4. The Bertz CT molecular complexity index is 272. The number of halogens is 1. The van der Waals surface area contributed by atoms with Gasteiger partial charge in [-0.25, -0.2) is 0 Å². The Labute approximate surface area is 170 Å². The van der Waals surface area contributed by atoms with Crippen molar-refractivity contribution in [2.45, 2.75) is 118 Å². The van der Waals surface area contributed by atoms with Gasteiger partial charge in [0.2, 0.25) is 0 Å². The highest BCUT2D eigenvalue weighted by Crippen LogP contribution is 2.62. The van der Waals surface area contributed by atoms with Gasteiger partial charge < -0.3 is 17.0 Å². The van der Waals surface area contributed by atoms with Crippen LogP contribution < -0.4 is 17.0 Å². The Balaban J connectivity index is 0. The van der Waals surface area contributed by atoms with Crippen molar-refractivity contribution in [2.75, 3.05) is 18.5 Å². The van der Waals surface area contributed by atoms with E-state index in [0.29, 0.717) is 5.52 Å². The third kappa shape index (κ3) is 13.4. The molecule has 0 aliphatic carbocycles. The zero-order valence-electron chi connectivity index (χ0n) is 17.8. The van der Waals surface area contributed by atoms with E-state index in [9.17, 15) is 4.79 Å². The second-order valence-electron chi connectivity index (χ2n) is 7.64. The van der Waals surface area contributed by atoms with Crippen LogP contribution in [0.5, 0.6) is 0 Å². The Morgan fingerprint density at radius 2 is 0.920 bits per heavy atom. The van der Waals surface area contributed by atoms with Gasteiger partial charge in [-0.1, -0.05) is 85.5 Å². The third-order valence-corrected chi connectivity index (χ3v) is 10.1. The van der Waals surface area contributed by atoms with Gasteiger partial charge in [0.1, 0.15) is 0 Å². The first kappa shape index (κ1) is 27.8. The summed E-state index contributed by atoms with van der Waals surface area (Å²) in [7, 11) is -1.34. The maximum Gasteiger partial charge on any atom is 0.267 e. The molecule has 0 aliphatic heterocycles. The van der Waals surface area contributed by atoms with Crippen LogP contribution in [0.25, 0.3) is 0 Å². The fourth-order valence-corrected chi connectivity index (χ4v) is 8.38. The second-order valence-corrected chi connectivity index (χ2v) is 11.8. The van der Waals surface area contributed by atoms with Crippen LogP contribution in [-0.4, -0.2) is 24.0 Å². The van der Waals surface area contributed by atoms with Gasteiger partial charge in [-0.15, -0.1) is 0 Å². The predicted molar refractivity (Wildman–Crippen MR) is 114 cm³/mol. The summed E-state index contributed by atoms with van der Waals surface area (Å²) in [6, 6.07) is 0. The van der Waals surface area contributed by atoms with E-state index in [-0.39, 0.29) is 17.0 Å². The van der Waals surface area contributed by atoms with Gasteiger partial charge in [-0.05, 0) is 25.7 Å². The Morgan fingerprint density at radius 3 is 1.32 bits per heavy atom. The molecule has 0 unspecified atom stereocenters. The minimum atomic E-state index is -1.34. The van der Waals surface area contributed by atoms with Crippen LogP contribution in [0, 0.1) is 0 Å². The number of unbranched alkanes of at least 4 members (excludes halogenated alkanes) is 9. The second kappa shape index (κ2) is 19.3. The molecule has 0 radical (unpaired) electrons. The summed E-state index contributed by atoms with van der Waals surface area (Å²) in [5.74, 6) is 0. The number of rotatable bonds is 18. The first-order chi connectivity index (χ1) is 11.7. The van der Waals surface area contributed by atoms with Gasteiger partial charge in [0.25, 0.3) is 5.52 Å². The molecule has 152 valence electrons. The van der Waals surface area contributed by atoms with Crippen molar-refractivity contribution in [3.8, 4) is 0 Å². The molecule has 25 heavy (non-hydrogen) atoms. The van der Waals surface area contributed by atoms with E-state index < -0.39 is 7.26 Å². The highest BCUT2D eigenvalue weighted by atomic mass is 79.9. The molecule has 0 atom stereocenters. The molecule has 0 aromatic rings. The Morgan fingerprint density at radius 1 is 0.560 bits per heavy atom. The van der Waals surface area contributed by atoms with Gasteiger partial charge in [-0.2, -0.15) is 0 Å². The summed E-state index contributed by atoms with van der Waals surface area (Å²) in [6.45, 7) is 9.09. The molecule has 0 saturated carbocycles. The lowest BCUT2D eigenvalue weighted by Crippen LogP contribution is -3.00. The monoisotopic (exact) mass is 436 g/mol. The van der Waals surface area contributed by atoms with E-state index in [2.05, 4.69) is 27.7 Å². The molecule has 0 rings (SSSR count). The summed E-state index contributed by atoms with van der Waals surface area (Å²) < 4.78 is 0. The zero-order chi connectivity index (χ0) is 18.1. The van der Waals surface area contributed by atoms with E-state index in [1.807, 2.05) is 0 Å². The molecule has 0 aliphatic rings. The van der Waals surface area contributed by atoms with Crippen molar-refractivity contribution >= 4 is 12.8 Å². The van der Waals surface area contributed by atoms with Crippen molar-refractivity contribution in [1.29, 1.82) is 0 Å². The van der Waals surface area contributed by atoms with E-state index in [1.165, 1.54) is 95.5 Å². The summed E-state index contributed by atoms with van der Waals surface area (Å²) in [5, 5.41) is 0. The maximum absolute atomic E-state index is 13.2. The van der Waals surface area contributed by atoms with E-state index in [1.54, 1.807) is 0 Å². The van der Waals surface area contributed by atoms with Crippen LogP contribution in [0.4, 0.5) is 0 Å². The molecule has 0 aromatic carbocycles. The molecule has 3 heteroatoms. The highest BCUT2D eigenvalue weighted by molar-refractivity contribution is 7.90. The van der Waals surface area contributed by atoms with Gasteiger partial charge in [-0.3, -0.25) is 4.79 Å². The topological polar surface area (TPSA) is 17.1 Å². The average molecular weight is 437 g/mol. The fourth-order valence-electron chi connectivity index (χ4n) is 3.56. The first-order valence-electron chi connectivity index (χ1n) is 11.1. The van der Waals surface area contributed by atoms with Gasteiger partial charge in [0, 0.05) is 6.42 Å². The van der Waals surface area contributed by atoms with Crippen LogP contribution >= 0.6 is 7.26 Å². The lowest BCUT2D eigenvalue weighted by Gasteiger charge is -2.25. The van der Waals surface area contributed by atoms with Crippen LogP contribution in [0.15, 0.2) is 0 Å². The smallest absolute Gasteiger partial charge is 0.267 e. The Kier molecular flexibility index (Phi) is 21.5. The van der Waals surface area contributed by atoms with E-state index >= 15 is 0 Å². The van der Waals surface area contributed by atoms with Gasteiger partial charge >= 0.3 is 0 Å². The molecular weight excluding hydrogens is 391 g/mol. The van der Waals surface area contributed by atoms with Crippen molar-refractivity contribution in [3.63, 3.8) is 0 Å². The average Bonchev–Trinajstić information content (AvgIpc) is 2.60. The van der Waals surface area contributed by atoms with E-state index in [0.717, 1.165) is 12.8 Å². The molecule has 0 heterocycles. The van der Waals surface area contributed by atoms with Crippen LogP contribution in [0.1, 0.15) is 118 Å². The molecule has 0 fully saturated rings.